The summed E-state index contributed by atoms with van der Waals surface area (Å²) in [5.74, 6) is 1.98. The van der Waals surface area contributed by atoms with Crippen LogP contribution in [0.2, 0.25) is 39.3 Å². The molecule has 0 amide bonds. The first-order valence-corrected chi connectivity index (χ1v) is 15.5. The van der Waals surface area contributed by atoms with Gasteiger partial charge in [0.25, 0.3) is 0 Å². The van der Waals surface area contributed by atoms with E-state index in [1.807, 2.05) is 0 Å². The van der Waals surface area contributed by atoms with Crippen molar-refractivity contribution in [2.75, 3.05) is 0 Å². The lowest BCUT2D eigenvalue weighted by Gasteiger charge is -2.19. The van der Waals surface area contributed by atoms with Crippen LogP contribution in [0.5, 0.6) is 11.5 Å². The fraction of sp³-hybridized carbons (Fsp3) is 0.400. The number of rotatable bonds is 7. The molecule has 0 bridgehead atoms. The van der Waals surface area contributed by atoms with Gasteiger partial charge in [-0.15, -0.1) is 0 Å². The van der Waals surface area contributed by atoms with Crippen molar-refractivity contribution >= 4 is 16.6 Å². The van der Waals surface area contributed by atoms with E-state index < -0.39 is 16.6 Å². The molecule has 0 unspecified atom stereocenters. The Labute approximate surface area is 149 Å². The van der Waals surface area contributed by atoms with E-state index in [9.17, 15) is 0 Å². The zero-order chi connectivity index (χ0) is 17.8. The van der Waals surface area contributed by atoms with Crippen molar-refractivity contribution in [3.05, 3.63) is 59.7 Å². The molecule has 0 saturated carbocycles. The van der Waals surface area contributed by atoms with Gasteiger partial charge in [-0.1, -0.05) is 24.3 Å². The standard InChI is InChI=1S/C20H30O2Si2/c1-23(2,3)21-19-13-9-17(10-14-19)7-8-18-11-15-20(16-12-18)22-24(4,5)6/h9-16H,7-8H2,1-6H3. The Bertz CT molecular complexity index is 576. The highest BCUT2D eigenvalue weighted by molar-refractivity contribution is 6.70. The van der Waals surface area contributed by atoms with E-state index in [1.54, 1.807) is 0 Å². The molecule has 2 nitrogen and oxygen atoms in total. The first-order chi connectivity index (χ1) is 11.1. The fourth-order valence-corrected chi connectivity index (χ4v) is 4.13. The highest BCUT2D eigenvalue weighted by Crippen LogP contribution is 2.20. The van der Waals surface area contributed by atoms with Crippen LogP contribution in [0.25, 0.3) is 0 Å². The average Bonchev–Trinajstić information content (AvgIpc) is 2.45. The lowest BCUT2D eigenvalue weighted by Crippen LogP contribution is -2.29. The minimum atomic E-state index is -1.52. The van der Waals surface area contributed by atoms with Crippen molar-refractivity contribution in [1.29, 1.82) is 0 Å². The molecular formula is C20H30O2Si2. The van der Waals surface area contributed by atoms with Crippen LogP contribution < -0.4 is 8.85 Å². The van der Waals surface area contributed by atoms with Crippen molar-refractivity contribution in [1.82, 2.24) is 0 Å². The maximum Gasteiger partial charge on any atom is 0.242 e. The van der Waals surface area contributed by atoms with Crippen LogP contribution in [-0.2, 0) is 12.8 Å². The second kappa shape index (κ2) is 7.57. The molecule has 0 N–H and O–H groups in total. The number of aryl methyl sites for hydroxylation is 2. The summed E-state index contributed by atoms with van der Waals surface area (Å²) in [5, 5.41) is 0. The van der Waals surface area contributed by atoms with Gasteiger partial charge >= 0.3 is 0 Å². The Morgan fingerprint density at radius 3 is 1.08 bits per heavy atom. The molecule has 4 heteroatoms. The smallest absolute Gasteiger partial charge is 0.242 e. The molecule has 0 heterocycles. The molecule has 2 aromatic rings. The average molecular weight is 359 g/mol. The lowest BCUT2D eigenvalue weighted by atomic mass is 10.0. The van der Waals surface area contributed by atoms with Gasteiger partial charge in [-0.25, -0.2) is 0 Å². The van der Waals surface area contributed by atoms with E-state index in [-0.39, 0.29) is 0 Å². The molecule has 0 aliphatic carbocycles. The predicted molar refractivity (Wildman–Crippen MR) is 108 cm³/mol. The summed E-state index contributed by atoms with van der Waals surface area (Å²) in [7, 11) is -3.04. The SMILES string of the molecule is C[Si](C)(C)Oc1ccc(CCc2ccc(O[Si](C)(C)C)cc2)cc1. The van der Waals surface area contributed by atoms with Gasteiger partial charge in [-0.3, -0.25) is 0 Å². The molecule has 24 heavy (non-hydrogen) atoms. The Morgan fingerprint density at radius 1 is 0.542 bits per heavy atom. The van der Waals surface area contributed by atoms with E-state index in [0.717, 1.165) is 24.3 Å². The van der Waals surface area contributed by atoms with E-state index in [1.165, 1.54) is 11.1 Å². The summed E-state index contributed by atoms with van der Waals surface area (Å²) in [6.45, 7) is 13.2. The Kier molecular flexibility index (Phi) is 5.94. The Balaban J connectivity index is 1.89. The quantitative estimate of drug-likeness (QED) is 0.574. The maximum absolute atomic E-state index is 6.00. The lowest BCUT2D eigenvalue weighted by molar-refractivity contribution is 0.556. The van der Waals surface area contributed by atoms with Crippen molar-refractivity contribution in [3.63, 3.8) is 0 Å². The first kappa shape index (κ1) is 18.8. The van der Waals surface area contributed by atoms with Crippen LogP contribution in [0, 0.1) is 0 Å². The highest BCUT2D eigenvalue weighted by atomic mass is 28.4. The van der Waals surface area contributed by atoms with Gasteiger partial charge in [0.15, 0.2) is 0 Å². The van der Waals surface area contributed by atoms with Crippen LogP contribution in [0.4, 0.5) is 0 Å². The summed E-state index contributed by atoms with van der Waals surface area (Å²) >= 11 is 0. The molecule has 0 aliphatic rings. The van der Waals surface area contributed by atoms with Crippen molar-refractivity contribution in [2.45, 2.75) is 52.1 Å². The summed E-state index contributed by atoms with van der Waals surface area (Å²) in [5.41, 5.74) is 2.70. The monoisotopic (exact) mass is 358 g/mol. The van der Waals surface area contributed by atoms with E-state index >= 15 is 0 Å². The number of hydrogen-bond donors (Lipinski definition) is 0. The van der Waals surface area contributed by atoms with Gasteiger partial charge in [0.1, 0.15) is 11.5 Å². The number of hydrogen-bond acceptors (Lipinski definition) is 2. The minimum absolute atomic E-state index is 0.991. The van der Waals surface area contributed by atoms with Gasteiger partial charge in [-0.05, 0) is 87.5 Å². The zero-order valence-electron chi connectivity index (χ0n) is 15.8. The summed E-state index contributed by atoms with van der Waals surface area (Å²) in [6, 6.07) is 17.1. The first-order valence-electron chi connectivity index (χ1n) is 8.67. The highest BCUT2D eigenvalue weighted by Gasteiger charge is 2.16. The van der Waals surface area contributed by atoms with Crippen LogP contribution in [0.1, 0.15) is 11.1 Å². The maximum atomic E-state index is 6.00. The van der Waals surface area contributed by atoms with Gasteiger partial charge in [-0.2, -0.15) is 0 Å². The second-order valence-electron chi connectivity index (χ2n) is 8.22. The van der Waals surface area contributed by atoms with Crippen molar-refractivity contribution in [3.8, 4) is 11.5 Å². The molecule has 0 saturated heterocycles. The summed E-state index contributed by atoms with van der Waals surface area (Å²) in [6.07, 6.45) is 2.09. The van der Waals surface area contributed by atoms with Crippen LogP contribution in [0.15, 0.2) is 48.5 Å². The number of benzene rings is 2. The van der Waals surface area contributed by atoms with E-state index in [4.69, 9.17) is 8.85 Å². The third kappa shape index (κ3) is 6.93. The van der Waals surface area contributed by atoms with E-state index in [0.29, 0.717) is 0 Å². The molecular weight excluding hydrogens is 328 g/mol. The van der Waals surface area contributed by atoms with Gasteiger partial charge in [0, 0.05) is 0 Å². The predicted octanol–water partition coefficient (Wildman–Crippen LogP) is 5.90. The topological polar surface area (TPSA) is 18.5 Å². The fourth-order valence-electron chi connectivity index (χ4n) is 2.44. The molecule has 0 radical (unpaired) electrons. The van der Waals surface area contributed by atoms with Gasteiger partial charge in [0.2, 0.25) is 16.6 Å². The van der Waals surface area contributed by atoms with Crippen molar-refractivity contribution in [2.24, 2.45) is 0 Å². The normalized spacial score (nSPS) is 12.1. The molecule has 0 atom stereocenters. The summed E-state index contributed by atoms with van der Waals surface area (Å²) in [4.78, 5) is 0. The Morgan fingerprint density at radius 2 is 0.833 bits per heavy atom. The molecule has 0 aromatic heterocycles. The minimum Gasteiger partial charge on any atom is -0.544 e. The van der Waals surface area contributed by atoms with Crippen LogP contribution >= 0.6 is 0 Å². The third-order valence-corrected chi connectivity index (χ3v) is 5.09. The second-order valence-corrected chi connectivity index (χ2v) is 17.1. The van der Waals surface area contributed by atoms with Crippen LogP contribution in [0.3, 0.4) is 0 Å². The van der Waals surface area contributed by atoms with Crippen LogP contribution in [-0.4, -0.2) is 16.6 Å². The largest absolute Gasteiger partial charge is 0.544 e. The Hall–Kier alpha value is -1.53. The zero-order valence-corrected chi connectivity index (χ0v) is 17.8. The summed E-state index contributed by atoms with van der Waals surface area (Å²) < 4.78 is 12.0. The third-order valence-electron chi connectivity index (χ3n) is 3.40. The molecule has 2 aromatic carbocycles. The molecule has 130 valence electrons. The van der Waals surface area contributed by atoms with E-state index in [2.05, 4.69) is 87.8 Å². The van der Waals surface area contributed by atoms with Gasteiger partial charge < -0.3 is 8.85 Å². The molecule has 0 spiro atoms. The molecule has 2 rings (SSSR count). The molecule has 0 fully saturated rings. The molecule has 0 aliphatic heterocycles. The van der Waals surface area contributed by atoms with Gasteiger partial charge in [0.05, 0.1) is 0 Å². The van der Waals surface area contributed by atoms with Crippen molar-refractivity contribution < 1.29 is 8.85 Å².